The van der Waals surface area contributed by atoms with Gasteiger partial charge in [-0.1, -0.05) is 18.6 Å². The van der Waals surface area contributed by atoms with E-state index in [1.807, 2.05) is 12.1 Å². The number of piperidine rings is 1. The molecule has 1 saturated heterocycles. The van der Waals surface area contributed by atoms with Crippen molar-refractivity contribution < 1.29 is 14.3 Å². The van der Waals surface area contributed by atoms with Gasteiger partial charge in [-0.3, -0.25) is 9.69 Å². The Balaban J connectivity index is 2.00. The fraction of sp³-hybridized carbons (Fsp3) is 0.562. The summed E-state index contributed by atoms with van der Waals surface area (Å²) in [4.78, 5) is 13.1. The highest BCUT2D eigenvalue weighted by Crippen LogP contribution is 2.23. The van der Waals surface area contributed by atoms with Crippen molar-refractivity contribution in [2.75, 3.05) is 6.54 Å². The minimum atomic E-state index is -0.729. The topological polar surface area (TPSA) is 40.5 Å². The van der Waals surface area contributed by atoms with Crippen LogP contribution in [0.1, 0.15) is 43.2 Å². The van der Waals surface area contributed by atoms with Gasteiger partial charge in [0.25, 0.3) is 0 Å². The summed E-state index contributed by atoms with van der Waals surface area (Å²) < 4.78 is 13.3. The number of nitrogens with zero attached hydrogens (tertiary/aromatic N) is 1. The molecule has 2 rings (SSSR count). The van der Waals surface area contributed by atoms with E-state index in [4.69, 9.17) is 5.11 Å². The van der Waals surface area contributed by atoms with E-state index in [0.29, 0.717) is 18.0 Å². The molecule has 1 aliphatic rings. The second kappa shape index (κ2) is 6.84. The van der Waals surface area contributed by atoms with E-state index in [2.05, 4.69) is 4.90 Å². The van der Waals surface area contributed by atoms with E-state index in [-0.39, 0.29) is 12.2 Å². The van der Waals surface area contributed by atoms with Gasteiger partial charge in [-0.2, -0.15) is 0 Å². The molecule has 0 radical (unpaired) electrons. The van der Waals surface area contributed by atoms with Gasteiger partial charge < -0.3 is 5.11 Å². The van der Waals surface area contributed by atoms with Crippen molar-refractivity contribution in [2.45, 2.75) is 51.6 Å². The van der Waals surface area contributed by atoms with Crippen LogP contribution in [0.15, 0.2) is 18.2 Å². The average molecular weight is 279 g/mol. The molecule has 1 N–H and O–H groups in total. The molecule has 1 aliphatic heterocycles. The lowest BCUT2D eigenvalue weighted by Crippen LogP contribution is -2.39. The fourth-order valence-electron chi connectivity index (χ4n) is 2.92. The van der Waals surface area contributed by atoms with E-state index < -0.39 is 5.97 Å². The van der Waals surface area contributed by atoms with E-state index in [1.165, 1.54) is 12.5 Å². The van der Waals surface area contributed by atoms with Crippen LogP contribution < -0.4 is 0 Å². The van der Waals surface area contributed by atoms with Crippen molar-refractivity contribution in [3.05, 3.63) is 35.1 Å². The van der Waals surface area contributed by atoms with E-state index in [0.717, 1.165) is 31.5 Å². The molecule has 1 aromatic carbocycles. The highest BCUT2D eigenvalue weighted by atomic mass is 19.1. The predicted molar refractivity (Wildman–Crippen MR) is 76.1 cm³/mol. The zero-order valence-corrected chi connectivity index (χ0v) is 11.9. The first-order valence-corrected chi connectivity index (χ1v) is 7.27. The van der Waals surface area contributed by atoms with Crippen molar-refractivity contribution in [2.24, 2.45) is 0 Å². The summed E-state index contributed by atoms with van der Waals surface area (Å²) in [5.41, 5.74) is 1.77. The Morgan fingerprint density at radius 2 is 2.25 bits per heavy atom. The molecule has 20 heavy (non-hydrogen) atoms. The van der Waals surface area contributed by atoms with E-state index in [1.54, 1.807) is 6.92 Å². The van der Waals surface area contributed by atoms with E-state index in [9.17, 15) is 9.18 Å². The van der Waals surface area contributed by atoms with Crippen LogP contribution in [-0.4, -0.2) is 28.6 Å². The number of hydrogen-bond donors (Lipinski definition) is 1. The molecular weight excluding hydrogens is 257 g/mol. The number of rotatable bonds is 5. The minimum Gasteiger partial charge on any atom is -0.481 e. The molecule has 0 amide bonds. The standard InChI is InChI=1S/C16H22FNO2/c1-12-10-13(5-7-15(12)17)11-18-9-3-2-4-14(18)6-8-16(19)20/h5,7,10,14H,2-4,6,8-9,11H2,1H3,(H,19,20). The van der Waals surface area contributed by atoms with Gasteiger partial charge in [-0.05, 0) is 49.9 Å². The highest BCUT2D eigenvalue weighted by molar-refractivity contribution is 5.66. The maximum Gasteiger partial charge on any atom is 0.303 e. The van der Waals surface area contributed by atoms with Crippen LogP contribution >= 0.6 is 0 Å². The molecule has 1 heterocycles. The number of aliphatic carboxylic acids is 1. The summed E-state index contributed by atoms with van der Waals surface area (Å²) in [6.45, 7) is 3.56. The predicted octanol–water partition coefficient (Wildman–Crippen LogP) is 3.35. The van der Waals surface area contributed by atoms with Crippen molar-refractivity contribution >= 4 is 5.97 Å². The Kier molecular flexibility index (Phi) is 5.12. The summed E-state index contributed by atoms with van der Waals surface area (Å²) in [5.74, 6) is -0.900. The molecule has 3 nitrogen and oxygen atoms in total. The summed E-state index contributed by atoms with van der Waals surface area (Å²) in [6.07, 6.45) is 4.32. The Morgan fingerprint density at radius 1 is 1.45 bits per heavy atom. The van der Waals surface area contributed by atoms with Gasteiger partial charge in [0, 0.05) is 19.0 Å². The van der Waals surface area contributed by atoms with Crippen LogP contribution in [0.2, 0.25) is 0 Å². The molecule has 110 valence electrons. The van der Waals surface area contributed by atoms with Crippen molar-refractivity contribution in [3.8, 4) is 0 Å². The number of aryl methyl sites for hydroxylation is 1. The summed E-state index contributed by atoms with van der Waals surface area (Å²) in [5, 5.41) is 8.83. The quantitative estimate of drug-likeness (QED) is 0.898. The molecule has 4 heteroatoms. The summed E-state index contributed by atoms with van der Waals surface area (Å²) in [6, 6.07) is 5.56. The van der Waals surface area contributed by atoms with Gasteiger partial charge in [-0.15, -0.1) is 0 Å². The molecule has 1 unspecified atom stereocenters. The maximum atomic E-state index is 13.3. The molecule has 0 aromatic heterocycles. The number of carbonyl (C=O) groups is 1. The van der Waals surface area contributed by atoms with Gasteiger partial charge in [0.05, 0.1) is 0 Å². The largest absolute Gasteiger partial charge is 0.481 e. The molecule has 0 saturated carbocycles. The number of carboxylic acids is 1. The normalized spacial score (nSPS) is 20.0. The average Bonchev–Trinajstić information content (AvgIpc) is 2.42. The molecule has 0 aliphatic carbocycles. The molecule has 1 fully saturated rings. The van der Waals surface area contributed by atoms with Gasteiger partial charge in [0.1, 0.15) is 5.82 Å². The molecule has 0 bridgehead atoms. The van der Waals surface area contributed by atoms with Crippen LogP contribution in [0, 0.1) is 12.7 Å². The second-order valence-corrected chi connectivity index (χ2v) is 5.64. The lowest BCUT2D eigenvalue weighted by molar-refractivity contribution is -0.137. The zero-order valence-electron chi connectivity index (χ0n) is 11.9. The van der Waals surface area contributed by atoms with Gasteiger partial charge in [0.15, 0.2) is 0 Å². The molecule has 1 atom stereocenters. The third-order valence-electron chi connectivity index (χ3n) is 4.05. The smallest absolute Gasteiger partial charge is 0.303 e. The Hall–Kier alpha value is -1.42. The number of halogens is 1. The SMILES string of the molecule is Cc1cc(CN2CCCCC2CCC(=O)O)ccc1F. The molecule has 1 aromatic rings. The first kappa shape index (κ1) is 15.0. The Bertz CT molecular complexity index is 476. The van der Waals surface area contributed by atoms with Crippen LogP contribution in [0.25, 0.3) is 0 Å². The molecular formula is C16H22FNO2. The lowest BCUT2D eigenvalue weighted by Gasteiger charge is -2.35. The second-order valence-electron chi connectivity index (χ2n) is 5.64. The zero-order chi connectivity index (χ0) is 14.5. The van der Waals surface area contributed by atoms with Crippen molar-refractivity contribution in [1.82, 2.24) is 4.90 Å². The number of benzene rings is 1. The van der Waals surface area contributed by atoms with Crippen molar-refractivity contribution in [1.29, 1.82) is 0 Å². The Morgan fingerprint density at radius 3 is 2.95 bits per heavy atom. The first-order valence-electron chi connectivity index (χ1n) is 7.27. The van der Waals surface area contributed by atoms with E-state index >= 15 is 0 Å². The number of likely N-dealkylation sites (tertiary alicyclic amines) is 1. The highest BCUT2D eigenvalue weighted by Gasteiger charge is 2.23. The van der Waals surface area contributed by atoms with Gasteiger partial charge >= 0.3 is 5.97 Å². The third-order valence-corrected chi connectivity index (χ3v) is 4.05. The number of hydrogen-bond acceptors (Lipinski definition) is 2. The Labute approximate surface area is 119 Å². The number of carboxylic acid groups (broad SMARTS) is 1. The minimum absolute atomic E-state index is 0.171. The van der Waals surface area contributed by atoms with Crippen molar-refractivity contribution in [3.63, 3.8) is 0 Å². The van der Waals surface area contributed by atoms with Crippen LogP contribution in [0.4, 0.5) is 4.39 Å². The monoisotopic (exact) mass is 279 g/mol. The van der Waals surface area contributed by atoms with Crippen LogP contribution in [-0.2, 0) is 11.3 Å². The van der Waals surface area contributed by atoms with Gasteiger partial charge in [0.2, 0.25) is 0 Å². The van der Waals surface area contributed by atoms with Gasteiger partial charge in [-0.25, -0.2) is 4.39 Å². The van der Waals surface area contributed by atoms with Crippen LogP contribution in [0.5, 0.6) is 0 Å². The summed E-state index contributed by atoms with van der Waals surface area (Å²) in [7, 11) is 0. The third kappa shape index (κ3) is 4.04. The maximum absolute atomic E-state index is 13.3. The van der Waals surface area contributed by atoms with Crippen LogP contribution in [0.3, 0.4) is 0 Å². The first-order chi connectivity index (χ1) is 9.56. The lowest BCUT2D eigenvalue weighted by atomic mass is 9.97. The summed E-state index contributed by atoms with van der Waals surface area (Å²) >= 11 is 0. The fourth-order valence-corrected chi connectivity index (χ4v) is 2.92. The molecule has 0 spiro atoms.